The molecule has 2 aliphatic rings. The number of nitrogens with one attached hydrogen (secondary N) is 1. The van der Waals surface area contributed by atoms with E-state index in [1.807, 2.05) is 18.2 Å². The second-order valence-corrected chi connectivity index (χ2v) is 9.15. The minimum Gasteiger partial charge on any atom is -0.508 e. The summed E-state index contributed by atoms with van der Waals surface area (Å²) in [5, 5.41) is 14.5. The first-order chi connectivity index (χ1) is 13.4. The number of phenolic OH excluding ortho intramolecular Hbond substituents is 1. The lowest BCUT2D eigenvalue weighted by Gasteiger charge is -2.47. The highest BCUT2D eigenvalue weighted by molar-refractivity contribution is 8.13. The third-order valence-electron chi connectivity index (χ3n) is 5.20. The van der Waals surface area contributed by atoms with E-state index in [0.717, 1.165) is 35.1 Å². The van der Waals surface area contributed by atoms with Gasteiger partial charge in [0.05, 0.1) is 0 Å². The largest absolute Gasteiger partial charge is 0.508 e. The Labute approximate surface area is 170 Å². The summed E-state index contributed by atoms with van der Waals surface area (Å²) in [4.78, 5) is 5.03. The number of rotatable bonds is 3. The van der Waals surface area contributed by atoms with Gasteiger partial charge < -0.3 is 15.2 Å². The van der Waals surface area contributed by atoms with Crippen LogP contribution in [0.3, 0.4) is 0 Å². The highest BCUT2D eigenvalue weighted by atomic mass is 32.2. The molecule has 0 bridgehead atoms. The molecule has 2 atom stereocenters. The molecule has 0 fully saturated rings. The van der Waals surface area contributed by atoms with Gasteiger partial charge in [0.1, 0.15) is 11.5 Å². The van der Waals surface area contributed by atoms with Crippen LogP contribution in [0.5, 0.6) is 11.5 Å². The third-order valence-corrected chi connectivity index (χ3v) is 6.07. The molecule has 5 heteroatoms. The smallest absolute Gasteiger partial charge is 0.206 e. The Kier molecular flexibility index (Phi) is 4.88. The quantitative estimate of drug-likeness (QED) is 0.715. The predicted molar refractivity (Wildman–Crippen MR) is 116 cm³/mol. The van der Waals surface area contributed by atoms with Crippen molar-refractivity contribution in [2.24, 2.45) is 4.99 Å². The fourth-order valence-electron chi connectivity index (χ4n) is 4.22. The van der Waals surface area contributed by atoms with Crippen molar-refractivity contribution in [3.8, 4) is 11.5 Å². The third kappa shape index (κ3) is 3.76. The summed E-state index contributed by atoms with van der Waals surface area (Å²) in [6.45, 7) is 8.17. The second kappa shape index (κ2) is 7.21. The monoisotopic (exact) mass is 394 g/mol. The zero-order chi connectivity index (χ0) is 19.8. The number of ether oxygens (including phenoxy) is 1. The molecule has 4 rings (SSSR count). The maximum Gasteiger partial charge on any atom is 0.206 e. The van der Waals surface area contributed by atoms with Gasteiger partial charge in [0, 0.05) is 41.7 Å². The highest BCUT2D eigenvalue weighted by Gasteiger charge is 2.48. The molecule has 28 heavy (non-hydrogen) atoms. The van der Waals surface area contributed by atoms with Crippen molar-refractivity contribution in [1.29, 1.82) is 0 Å². The number of thioether (sulfide) groups is 1. The van der Waals surface area contributed by atoms with Gasteiger partial charge in [0.2, 0.25) is 5.72 Å². The standard InChI is InChI=1S/C23H26N2O2S/c1-4-12-28-21-24-22(2,3)15-23(25-21)14-19(16-8-6-5-7-9-16)18-11-10-17(26)13-20(18)27-23/h4-11,13,19,26H,1,12,14-15H2,2-3H3,(H,24,25)/t19-,23+/m0/s1. The molecule has 0 aromatic heterocycles. The number of benzene rings is 2. The first-order valence-electron chi connectivity index (χ1n) is 9.58. The molecule has 2 aromatic carbocycles. The molecule has 2 aliphatic heterocycles. The van der Waals surface area contributed by atoms with Crippen molar-refractivity contribution in [1.82, 2.24) is 5.32 Å². The van der Waals surface area contributed by atoms with E-state index in [9.17, 15) is 5.11 Å². The van der Waals surface area contributed by atoms with E-state index in [1.54, 1.807) is 23.9 Å². The minimum absolute atomic E-state index is 0.152. The summed E-state index contributed by atoms with van der Waals surface area (Å²) in [7, 11) is 0. The van der Waals surface area contributed by atoms with E-state index >= 15 is 0 Å². The number of aliphatic imine (C=N–C) groups is 1. The molecule has 0 unspecified atom stereocenters. The molecule has 1 spiro atoms. The molecule has 2 aromatic rings. The molecule has 4 nitrogen and oxygen atoms in total. The SMILES string of the molecule is C=CCSC1=N[C@@]2(C[C@@H](c3ccccc3)c3ccc(O)cc3O2)CC(C)(C)N1. The maximum absolute atomic E-state index is 10.1. The second-order valence-electron chi connectivity index (χ2n) is 8.14. The molecule has 0 saturated carbocycles. The molecule has 2 heterocycles. The molecule has 0 radical (unpaired) electrons. The van der Waals surface area contributed by atoms with Gasteiger partial charge in [0.15, 0.2) is 5.17 Å². The average molecular weight is 395 g/mol. The maximum atomic E-state index is 10.1. The van der Waals surface area contributed by atoms with E-state index in [4.69, 9.17) is 9.73 Å². The van der Waals surface area contributed by atoms with Gasteiger partial charge >= 0.3 is 0 Å². The van der Waals surface area contributed by atoms with E-state index in [1.165, 1.54) is 5.56 Å². The number of amidine groups is 1. The number of hydrogen-bond acceptors (Lipinski definition) is 5. The van der Waals surface area contributed by atoms with Crippen LogP contribution in [-0.2, 0) is 0 Å². The zero-order valence-corrected chi connectivity index (χ0v) is 17.1. The Morgan fingerprint density at radius 1 is 1.29 bits per heavy atom. The van der Waals surface area contributed by atoms with Crippen LogP contribution >= 0.6 is 11.8 Å². The molecule has 0 amide bonds. The summed E-state index contributed by atoms with van der Waals surface area (Å²) in [5.41, 5.74) is 1.52. The Morgan fingerprint density at radius 3 is 2.82 bits per heavy atom. The Balaban J connectivity index is 1.81. The minimum atomic E-state index is -0.667. The zero-order valence-electron chi connectivity index (χ0n) is 16.3. The molecule has 0 aliphatic carbocycles. The lowest BCUT2D eigenvalue weighted by Crippen LogP contribution is -2.57. The molecule has 146 valence electrons. The number of nitrogens with zero attached hydrogens (tertiary/aromatic N) is 1. The van der Waals surface area contributed by atoms with Crippen LogP contribution in [0, 0.1) is 0 Å². The van der Waals surface area contributed by atoms with E-state index in [2.05, 4.69) is 50.0 Å². The van der Waals surface area contributed by atoms with Crippen LogP contribution in [0.4, 0.5) is 0 Å². The van der Waals surface area contributed by atoms with Crippen LogP contribution in [0.15, 0.2) is 66.2 Å². The number of phenols is 1. The summed E-state index contributed by atoms with van der Waals surface area (Å²) < 4.78 is 6.51. The molecule has 2 N–H and O–H groups in total. The fraction of sp³-hybridized carbons (Fsp3) is 0.348. The Morgan fingerprint density at radius 2 is 2.07 bits per heavy atom. The van der Waals surface area contributed by atoms with Gasteiger partial charge in [-0.3, -0.25) is 0 Å². The molecule has 0 saturated heterocycles. The van der Waals surface area contributed by atoms with Crippen LogP contribution in [0.25, 0.3) is 0 Å². The average Bonchev–Trinajstić information content (AvgIpc) is 2.64. The van der Waals surface area contributed by atoms with Crippen LogP contribution in [-0.4, -0.2) is 27.3 Å². The summed E-state index contributed by atoms with van der Waals surface area (Å²) in [6.07, 6.45) is 3.39. The van der Waals surface area contributed by atoms with Gasteiger partial charge in [-0.2, -0.15) is 0 Å². The van der Waals surface area contributed by atoms with Crippen molar-refractivity contribution < 1.29 is 9.84 Å². The first kappa shape index (κ1) is 18.9. The van der Waals surface area contributed by atoms with Crippen LogP contribution < -0.4 is 10.1 Å². The van der Waals surface area contributed by atoms with Gasteiger partial charge in [-0.25, -0.2) is 4.99 Å². The topological polar surface area (TPSA) is 53.9 Å². The van der Waals surface area contributed by atoms with Crippen molar-refractivity contribution in [2.75, 3.05) is 5.75 Å². The summed E-state index contributed by atoms with van der Waals surface area (Å²) in [5.74, 6) is 1.88. The van der Waals surface area contributed by atoms with Crippen LogP contribution in [0.1, 0.15) is 43.7 Å². The normalized spacial score (nSPS) is 25.2. The summed E-state index contributed by atoms with van der Waals surface area (Å²) in [6, 6.07) is 15.9. The number of aromatic hydroxyl groups is 1. The van der Waals surface area contributed by atoms with Gasteiger partial charge in [-0.1, -0.05) is 54.2 Å². The van der Waals surface area contributed by atoms with Crippen molar-refractivity contribution in [3.63, 3.8) is 0 Å². The van der Waals surface area contributed by atoms with E-state index < -0.39 is 5.72 Å². The Hall–Kier alpha value is -2.40. The van der Waals surface area contributed by atoms with Gasteiger partial charge in [-0.05, 0) is 25.5 Å². The number of hydrogen-bond donors (Lipinski definition) is 2. The lowest BCUT2D eigenvalue weighted by atomic mass is 9.78. The lowest BCUT2D eigenvalue weighted by molar-refractivity contribution is 0.0134. The van der Waals surface area contributed by atoms with Crippen molar-refractivity contribution >= 4 is 16.9 Å². The Bertz CT molecular complexity index is 910. The number of fused-ring (bicyclic) bond motifs is 1. The van der Waals surface area contributed by atoms with Crippen LogP contribution in [0.2, 0.25) is 0 Å². The van der Waals surface area contributed by atoms with Crippen molar-refractivity contribution in [2.45, 2.75) is 43.9 Å². The first-order valence-corrected chi connectivity index (χ1v) is 10.6. The molecular weight excluding hydrogens is 368 g/mol. The fourth-order valence-corrected chi connectivity index (χ4v) is 5.07. The van der Waals surface area contributed by atoms with Crippen molar-refractivity contribution in [3.05, 3.63) is 72.3 Å². The predicted octanol–water partition coefficient (Wildman–Crippen LogP) is 5.05. The summed E-state index contributed by atoms with van der Waals surface area (Å²) >= 11 is 1.64. The highest BCUT2D eigenvalue weighted by Crippen LogP contribution is 2.49. The van der Waals surface area contributed by atoms with Gasteiger partial charge in [0.25, 0.3) is 0 Å². The van der Waals surface area contributed by atoms with E-state index in [0.29, 0.717) is 0 Å². The van der Waals surface area contributed by atoms with E-state index in [-0.39, 0.29) is 17.2 Å². The van der Waals surface area contributed by atoms with Gasteiger partial charge in [-0.15, -0.1) is 6.58 Å². The molecular formula is C23H26N2O2S.